The zero-order valence-electron chi connectivity index (χ0n) is 19.5. The molecule has 0 bridgehead atoms. The SMILES string of the molecule is CCOc1ccc(S(=O)(=O)N[C@H](Cc2ccccc2)C(=O)N[C@@H](C)c2ccc(SC)cc2)cc1. The minimum absolute atomic E-state index is 0.0718. The maximum absolute atomic E-state index is 13.2. The highest BCUT2D eigenvalue weighted by Crippen LogP contribution is 2.20. The number of carbonyl (C=O) groups excluding carboxylic acids is 1. The van der Waals surface area contributed by atoms with Crippen molar-refractivity contribution in [3.63, 3.8) is 0 Å². The van der Waals surface area contributed by atoms with Crippen molar-refractivity contribution in [3.05, 3.63) is 90.0 Å². The molecule has 1 amide bonds. The van der Waals surface area contributed by atoms with E-state index in [4.69, 9.17) is 4.74 Å². The summed E-state index contributed by atoms with van der Waals surface area (Å²) in [4.78, 5) is 14.4. The van der Waals surface area contributed by atoms with Gasteiger partial charge >= 0.3 is 0 Å². The third-order valence-corrected chi connectivity index (χ3v) is 7.55. The van der Waals surface area contributed by atoms with E-state index in [1.165, 1.54) is 12.1 Å². The molecule has 0 radical (unpaired) electrons. The molecule has 2 atom stereocenters. The summed E-state index contributed by atoms with van der Waals surface area (Å²) in [5, 5.41) is 2.96. The first kappa shape index (κ1) is 25.8. The second kappa shape index (κ2) is 12.1. The standard InChI is InChI=1S/C26H30N2O4S2/c1-4-32-22-12-16-24(17-13-22)34(30,31)28-25(18-20-8-6-5-7-9-20)26(29)27-19(2)21-10-14-23(33-3)15-11-21/h5-17,19,25,28H,4,18H2,1-3H3,(H,27,29)/t19-,25+/m0/s1. The Balaban J connectivity index is 1.80. The zero-order valence-corrected chi connectivity index (χ0v) is 21.2. The maximum Gasteiger partial charge on any atom is 0.241 e. The monoisotopic (exact) mass is 498 g/mol. The van der Waals surface area contributed by atoms with E-state index < -0.39 is 16.1 Å². The van der Waals surface area contributed by atoms with Crippen LogP contribution >= 0.6 is 11.8 Å². The fourth-order valence-electron chi connectivity index (χ4n) is 3.46. The van der Waals surface area contributed by atoms with Crippen molar-refractivity contribution in [2.24, 2.45) is 0 Å². The number of hydrogen-bond donors (Lipinski definition) is 2. The molecule has 0 aliphatic heterocycles. The highest BCUT2D eigenvalue weighted by Gasteiger charge is 2.27. The van der Waals surface area contributed by atoms with E-state index in [1.807, 2.05) is 74.7 Å². The number of amides is 1. The Morgan fingerprint density at radius 2 is 1.62 bits per heavy atom. The minimum Gasteiger partial charge on any atom is -0.494 e. The molecule has 0 aliphatic carbocycles. The second-order valence-electron chi connectivity index (χ2n) is 7.77. The number of carbonyl (C=O) groups is 1. The van der Waals surface area contributed by atoms with Gasteiger partial charge in [-0.3, -0.25) is 4.79 Å². The normalized spacial score (nSPS) is 13.1. The highest BCUT2D eigenvalue weighted by atomic mass is 32.2. The molecule has 0 spiro atoms. The van der Waals surface area contributed by atoms with E-state index in [9.17, 15) is 13.2 Å². The van der Waals surface area contributed by atoms with Gasteiger partial charge in [-0.25, -0.2) is 8.42 Å². The van der Waals surface area contributed by atoms with Gasteiger partial charge in [0.2, 0.25) is 15.9 Å². The second-order valence-corrected chi connectivity index (χ2v) is 10.4. The smallest absolute Gasteiger partial charge is 0.241 e. The van der Waals surface area contributed by atoms with Gasteiger partial charge in [0.15, 0.2) is 0 Å². The van der Waals surface area contributed by atoms with Crippen molar-refractivity contribution in [1.29, 1.82) is 0 Å². The fourth-order valence-corrected chi connectivity index (χ4v) is 5.07. The van der Waals surface area contributed by atoms with Gasteiger partial charge in [0.05, 0.1) is 17.5 Å². The quantitative estimate of drug-likeness (QED) is 0.378. The van der Waals surface area contributed by atoms with E-state index in [1.54, 1.807) is 23.9 Å². The molecule has 0 heterocycles. The Morgan fingerprint density at radius 1 is 0.971 bits per heavy atom. The van der Waals surface area contributed by atoms with E-state index in [-0.39, 0.29) is 23.3 Å². The summed E-state index contributed by atoms with van der Waals surface area (Å²) in [7, 11) is -3.93. The molecular formula is C26H30N2O4S2. The summed E-state index contributed by atoms with van der Waals surface area (Å²) in [6, 6.07) is 22.2. The molecule has 0 unspecified atom stereocenters. The number of thioether (sulfide) groups is 1. The number of rotatable bonds is 11. The molecule has 0 saturated heterocycles. The Hall–Kier alpha value is -2.81. The predicted molar refractivity (Wildman–Crippen MR) is 137 cm³/mol. The van der Waals surface area contributed by atoms with Crippen LogP contribution in [0.2, 0.25) is 0 Å². The number of ether oxygens (including phenoxy) is 1. The maximum atomic E-state index is 13.2. The topological polar surface area (TPSA) is 84.5 Å². The number of nitrogens with one attached hydrogen (secondary N) is 2. The number of hydrogen-bond acceptors (Lipinski definition) is 5. The first-order chi connectivity index (χ1) is 16.3. The third kappa shape index (κ3) is 7.09. The average Bonchev–Trinajstić information content (AvgIpc) is 2.84. The Morgan fingerprint density at radius 3 is 2.21 bits per heavy atom. The van der Waals surface area contributed by atoms with Crippen LogP contribution in [-0.4, -0.2) is 33.2 Å². The van der Waals surface area contributed by atoms with Crippen LogP contribution in [0.5, 0.6) is 5.75 Å². The van der Waals surface area contributed by atoms with Gasteiger partial charge in [-0.1, -0.05) is 42.5 Å². The van der Waals surface area contributed by atoms with Gasteiger partial charge in [0.25, 0.3) is 0 Å². The molecule has 6 nitrogen and oxygen atoms in total. The summed E-state index contributed by atoms with van der Waals surface area (Å²) < 4.78 is 34.2. The van der Waals surface area contributed by atoms with Crippen molar-refractivity contribution < 1.29 is 17.9 Å². The molecule has 34 heavy (non-hydrogen) atoms. The van der Waals surface area contributed by atoms with Gasteiger partial charge in [-0.15, -0.1) is 11.8 Å². The summed E-state index contributed by atoms with van der Waals surface area (Å²) >= 11 is 1.65. The van der Waals surface area contributed by atoms with Gasteiger partial charge in [0, 0.05) is 4.90 Å². The molecule has 0 aliphatic rings. The third-order valence-electron chi connectivity index (χ3n) is 5.32. The molecule has 8 heteroatoms. The zero-order chi connectivity index (χ0) is 24.6. The lowest BCUT2D eigenvalue weighted by Gasteiger charge is -2.22. The van der Waals surface area contributed by atoms with Crippen LogP contribution in [0.15, 0.2) is 88.7 Å². The Labute approximate surface area is 206 Å². The van der Waals surface area contributed by atoms with E-state index in [2.05, 4.69) is 10.0 Å². The summed E-state index contributed by atoms with van der Waals surface area (Å²) in [5.41, 5.74) is 1.80. The Kier molecular flexibility index (Phi) is 9.15. The summed E-state index contributed by atoms with van der Waals surface area (Å²) in [6.45, 7) is 4.23. The molecule has 2 N–H and O–H groups in total. The van der Waals surface area contributed by atoms with Crippen molar-refractivity contribution in [3.8, 4) is 5.75 Å². The van der Waals surface area contributed by atoms with Crippen LogP contribution in [0.3, 0.4) is 0 Å². The van der Waals surface area contributed by atoms with Crippen LogP contribution < -0.4 is 14.8 Å². The van der Waals surface area contributed by atoms with Crippen LogP contribution in [-0.2, 0) is 21.2 Å². The van der Waals surface area contributed by atoms with Gasteiger partial charge in [-0.2, -0.15) is 4.72 Å². The van der Waals surface area contributed by atoms with Gasteiger partial charge < -0.3 is 10.1 Å². The number of sulfonamides is 1. The molecule has 3 rings (SSSR count). The van der Waals surface area contributed by atoms with E-state index >= 15 is 0 Å². The lowest BCUT2D eigenvalue weighted by Crippen LogP contribution is -2.48. The lowest BCUT2D eigenvalue weighted by molar-refractivity contribution is -0.123. The molecule has 0 aromatic heterocycles. The lowest BCUT2D eigenvalue weighted by atomic mass is 10.0. The number of benzene rings is 3. The van der Waals surface area contributed by atoms with Crippen molar-refractivity contribution in [1.82, 2.24) is 10.0 Å². The van der Waals surface area contributed by atoms with Gasteiger partial charge in [-0.05, 0) is 74.0 Å². The predicted octanol–water partition coefficient (Wildman–Crippen LogP) is 4.57. The van der Waals surface area contributed by atoms with Crippen molar-refractivity contribution in [2.75, 3.05) is 12.9 Å². The average molecular weight is 499 g/mol. The van der Waals surface area contributed by atoms with E-state index in [0.717, 1.165) is 16.0 Å². The molecule has 0 saturated carbocycles. The molecule has 0 fully saturated rings. The van der Waals surface area contributed by atoms with Crippen LogP contribution in [0.25, 0.3) is 0 Å². The first-order valence-electron chi connectivity index (χ1n) is 11.1. The highest BCUT2D eigenvalue weighted by molar-refractivity contribution is 7.98. The van der Waals surface area contributed by atoms with Gasteiger partial charge in [0.1, 0.15) is 11.8 Å². The Bertz CT molecular complexity index is 1170. The van der Waals surface area contributed by atoms with Crippen LogP contribution in [0, 0.1) is 0 Å². The van der Waals surface area contributed by atoms with Crippen molar-refractivity contribution in [2.45, 2.75) is 42.1 Å². The molecule has 3 aromatic rings. The molecular weight excluding hydrogens is 468 g/mol. The molecule has 180 valence electrons. The summed E-state index contributed by atoms with van der Waals surface area (Å²) in [6.07, 6.45) is 2.23. The minimum atomic E-state index is -3.93. The van der Waals surface area contributed by atoms with Crippen LogP contribution in [0.4, 0.5) is 0 Å². The van der Waals surface area contributed by atoms with Crippen molar-refractivity contribution >= 4 is 27.7 Å². The first-order valence-corrected chi connectivity index (χ1v) is 13.8. The van der Waals surface area contributed by atoms with Crippen LogP contribution in [0.1, 0.15) is 31.0 Å². The summed E-state index contributed by atoms with van der Waals surface area (Å²) in [5.74, 6) is 0.196. The molecule has 3 aromatic carbocycles. The fraction of sp³-hybridized carbons (Fsp3) is 0.269. The van der Waals surface area contributed by atoms with E-state index in [0.29, 0.717) is 12.4 Å². The largest absolute Gasteiger partial charge is 0.494 e.